The van der Waals surface area contributed by atoms with Gasteiger partial charge in [-0.15, -0.1) is 11.6 Å². The Morgan fingerprint density at radius 2 is 2.43 bits per heavy atom. The lowest BCUT2D eigenvalue weighted by Crippen LogP contribution is -2.04. The fourth-order valence-corrected chi connectivity index (χ4v) is 1.59. The van der Waals surface area contributed by atoms with Crippen LogP contribution in [0.1, 0.15) is 29.0 Å². The molecule has 1 aromatic heterocycles. The molecule has 0 aliphatic carbocycles. The molecule has 0 aliphatic heterocycles. The lowest BCUT2D eigenvalue weighted by molar-refractivity contribution is 0.0525. The molecule has 0 bridgehead atoms. The lowest BCUT2D eigenvalue weighted by atomic mass is 10.3. The first-order valence-corrected chi connectivity index (χ1v) is 5.64. The van der Waals surface area contributed by atoms with Crippen molar-refractivity contribution in [3.63, 3.8) is 0 Å². The fourth-order valence-electron chi connectivity index (χ4n) is 0.856. The van der Waals surface area contributed by atoms with Crippen LogP contribution in [-0.2, 0) is 11.2 Å². The average molecular weight is 235 g/mol. The van der Waals surface area contributed by atoms with Crippen LogP contribution in [0.25, 0.3) is 0 Å². The van der Waals surface area contributed by atoms with Crippen LogP contribution in [-0.4, -0.2) is 27.8 Å². The van der Waals surface area contributed by atoms with Gasteiger partial charge in [0.2, 0.25) is 5.01 Å². The summed E-state index contributed by atoms with van der Waals surface area (Å²) in [5, 5.41) is 0.316. The molecule has 0 N–H and O–H groups in total. The smallest absolute Gasteiger partial charge is 0.369 e. The Morgan fingerprint density at radius 1 is 1.64 bits per heavy atom. The topological polar surface area (TPSA) is 52.1 Å². The molecule has 6 heteroatoms. The number of alkyl halides is 1. The predicted molar refractivity (Wildman–Crippen MR) is 54.9 cm³/mol. The highest BCUT2D eigenvalue weighted by atomic mass is 35.5. The summed E-state index contributed by atoms with van der Waals surface area (Å²) >= 11 is 6.60. The molecule has 4 nitrogen and oxygen atoms in total. The minimum Gasteiger partial charge on any atom is -0.461 e. The highest BCUT2D eigenvalue weighted by molar-refractivity contribution is 7.07. The molecule has 14 heavy (non-hydrogen) atoms. The van der Waals surface area contributed by atoms with Gasteiger partial charge in [0, 0.05) is 12.3 Å². The second kappa shape index (κ2) is 5.93. The van der Waals surface area contributed by atoms with Gasteiger partial charge in [-0.3, -0.25) is 0 Å². The van der Waals surface area contributed by atoms with Crippen LogP contribution in [0.15, 0.2) is 0 Å². The van der Waals surface area contributed by atoms with Crippen molar-refractivity contribution >= 4 is 29.1 Å². The molecule has 1 rings (SSSR count). The number of rotatable bonds is 5. The van der Waals surface area contributed by atoms with Gasteiger partial charge in [0.05, 0.1) is 6.61 Å². The third-order valence-corrected chi connectivity index (χ3v) is 2.45. The van der Waals surface area contributed by atoms with Crippen LogP contribution in [0.2, 0.25) is 0 Å². The number of hydrogen-bond acceptors (Lipinski definition) is 5. The molecule has 1 heterocycles. The van der Waals surface area contributed by atoms with Crippen molar-refractivity contribution in [1.82, 2.24) is 9.36 Å². The fraction of sp³-hybridized carbons (Fsp3) is 0.625. The summed E-state index contributed by atoms with van der Waals surface area (Å²) in [4.78, 5) is 15.2. The Morgan fingerprint density at radius 3 is 3.07 bits per heavy atom. The highest BCUT2D eigenvalue weighted by Gasteiger charge is 2.12. The van der Waals surface area contributed by atoms with Gasteiger partial charge in [-0.25, -0.2) is 9.78 Å². The number of halogens is 1. The van der Waals surface area contributed by atoms with Crippen molar-refractivity contribution in [3.8, 4) is 0 Å². The third-order valence-electron chi connectivity index (χ3n) is 1.45. The summed E-state index contributed by atoms with van der Waals surface area (Å²) in [6, 6.07) is 0. The number of nitrogens with zero attached hydrogens (tertiary/aromatic N) is 2. The summed E-state index contributed by atoms with van der Waals surface area (Å²) in [5.74, 6) is 0.842. The number of aromatic nitrogens is 2. The number of carbonyl (C=O) groups is 1. The van der Waals surface area contributed by atoms with Gasteiger partial charge in [0.15, 0.2) is 0 Å². The van der Waals surface area contributed by atoms with Crippen molar-refractivity contribution in [1.29, 1.82) is 0 Å². The molecule has 0 atom stereocenters. The summed E-state index contributed by atoms with van der Waals surface area (Å²) < 4.78 is 8.82. The van der Waals surface area contributed by atoms with E-state index in [4.69, 9.17) is 16.3 Å². The summed E-state index contributed by atoms with van der Waals surface area (Å²) in [5.41, 5.74) is 0. The van der Waals surface area contributed by atoms with E-state index in [0.717, 1.165) is 18.0 Å². The summed E-state index contributed by atoms with van der Waals surface area (Å²) in [6.07, 6.45) is 1.53. The molecule has 0 radical (unpaired) electrons. The van der Waals surface area contributed by atoms with Crippen molar-refractivity contribution in [2.45, 2.75) is 19.8 Å². The number of hydrogen-bond donors (Lipinski definition) is 0. The van der Waals surface area contributed by atoms with Crippen LogP contribution in [0, 0.1) is 0 Å². The summed E-state index contributed by atoms with van der Waals surface area (Å²) in [7, 11) is 0. The van der Waals surface area contributed by atoms with Crippen LogP contribution in [0.3, 0.4) is 0 Å². The lowest BCUT2D eigenvalue weighted by Gasteiger charge is -1.94. The largest absolute Gasteiger partial charge is 0.461 e. The quantitative estimate of drug-likeness (QED) is 0.577. The van der Waals surface area contributed by atoms with Gasteiger partial charge in [0.25, 0.3) is 0 Å². The van der Waals surface area contributed by atoms with Crippen molar-refractivity contribution in [2.75, 3.05) is 12.5 Å². The van der Waals surface area contributed by atoms with E-state index in [1.807, 2.05) is 0 Å². The molecule has 0 spiro atoms. The number of esters is 1. The normalized spacial score (nSPS) is 10.1. The molecule has 0 unspecified atom stereocenters. The second-order valence-electron chi connectivity index (χ2n) is 2.53. The van der Waals surface area contributed by atoms with Crippen molar-refractivity contribution < 1.29 is 9.53 Å². The average Bonchev–Trinajstić information content (AvgIpc) is 2.63. The van der Waals surface area contributed by atoms with E-state index in [-0.39, 0.29) is 0 Å². The maximum Gasteiger partial charge on any atom is 0.369 e. The second-order valence-corrected chi connectivity index (χ2v) is 3.66. The third kappa shape index (κ3) is 3.23. The van der Waals surface area contributed by atoms with E-state index in [2.05, 4.69) is 9.36 Å². The van der Waals surface area contributed by atoms with Crippen LogP contribution in [0.5, 0.6) is 0 Å². The van der Waals surface area contributed by atoms with Crippen LogP contribution in [0.4, 0.5) is 0 Å². The van der Waals surface area contributed by atoms with Crippen molar-refractivity contribution in [3.05, 3.63) is 10.8 Å². The van der Waals surface area contributed by atoms with E-state index in [1.165, 1.54) is 0 Å². The SMILES string of the molecule is CCOC(=O)c1nc(CCCCl)ns1. The number of aryl methyl sites for hydroxylation is 1. The zero-order valence-corrected chi connectivity index (χ0v) is 9.40. The summed E-state index contributed by atoms with van der Waals surface area (Å²) in [6.45, 7) is 2.11. The molecule has 0 fully saturated rings. The Kier molecular flexibility index (Phi) is 4.82. The molecule has 1 aromatic rings. The Bertz CT molecular complexity index is 303. The van der Waals surface area contributed by atoms with Gasteiger partial charge in [-0.05, 0) is 24.9 Å². The number of carbonyl (C=O) groups excluding carboxylic acids is 1. The zero-order chi connectivity index (χ0) is 10.4. The van der Waals surface area contributed by atoms with Gasteiger partial charge < -0.3 is 4.74 Å². The Hall–Kier alpha value is -0.680. The first-order valence-electron chi connectivity index (χ1n) is 4.33. The van der Waals surface area contributed by atoms with E-state index in [0.29, 0.717) is 29.7 Å². The molecule has 0 saturated heterocycles. The first kappa shape index (κ1) is 11.4. The van der Waals surface area contributed by atoms with Gasteiger partial charge in [-0.1, -0.05) is 0 Å². The Balaban J connectivity index is 2.54. The van der Waals surface area contributed by atoms with Crippen LogP contribution < -0.4 is 0 Å². The molecule has 0 saturated carbocycles. The van der Waals surface area contributed by atoms with Gasteiger partial charge in [-0.2, -0.15) is 4.37 Å². The molecule has 0 aromatic carbocycles. The maximum atomic E-state index is 11.2. The molecule has 0 aliphatic rings. The molecule has 0 amide bonds. The van der Waals surface area contributed by atoms with E-state index < -0.39 is 5.97 Å². The van der Waals surface area contributed by atoms with E-state index in [9.17, 15) is 4.79 Å². The van der Waals surface area contributed by atoms with Gasteiger partial charge >= 0.3 is 5.97 Å². The highest BCUT2D eigenvalue weighted by Crippen LogP contribution is 2.08. The van der Waals surface area contributed by atoms with Gasteiger partial charge in [0.1, 0.15) is 5.82 Å². The van der Waals surface area contributed by atoms with Crippen molar-refractivity contribution in [2.24, 2.45) is 0 Å². The minimum absolute atomic E-state index is 0.316. The molecule has 78 valence electrons. The first-order chi connectivity index (χ1) is 6.77. The zero-order valence-electron chi connectivity index (χ0n) is 7.83. The van der Waals surface area contributed by atoms with Crippen LogP contribution >= 0.6 is 23.1 Å². The Labute approximate surface area is 91.4 Å². The maximum absolute atomic E-state index is 11.2. The van der Waals surface area contributed by atoms with E-state index >= 15 is 0 Å². The molecular formula is C8H11ClN2O2S. The monoisotopic (exact) mass is 234 g/mol. The minimum atomic E-state index is -0.401. The number of ether oxygens (including phenoxy) is 1. The standard InChI is InChI=1S/C8H11ClN2O2S/c1-2-13-8(12)7-10-6(11-14-7)4-3-5-9/h2-5H2,1H3. The molecular weight excluding hydrogens is 224 g/mol. The van der Waals surface area contributed by atoms with E-state index in [1.54, 1.807) is 6.92 Å². The predicted octanol–water partition coefficient (Wildman–Crippen LogP) is 1.89.